The van der Waals surface area contributed by atoms with Crippen molar-refractivity contribution in [1.29, 1.82) is 0 Å². The summed E-state index contributed by atoms with van der Waals surface area (Å²) in [5, 5.41) is 8.20. The minimum absolute atomic E-state index is 0.0255. The molecule has 0 radical (unpaired) electrons. The van der Waals surface area contributed by atoms with Gasteiger partial charge in [-0.3, -0.25) is 14.7 Å². The van der Waals surface area contributed by atoms with E-state index < -0.39 is 17.6 Å². The molecule has 0 atom stereocenters. The first-order chi connectivity index (χ1) is 20.2. The van der Waals surface area contributed by atoms with Gasteiger partial charge in [-0.05, 0) is 64.6 Å². The van der Waals surface area contributed by atoms with Gasteiger partial charge in [-0.2, -0.15) is 13.2 Å². The van der Waals surface area contributed by atoms with Crippen LogP contribution in [0.15, 0.2) is 61.2 Å². The number of carbonyl (C=O) groups excluding carboxylic acids is 1. The summed E-state index contributed by atoms with van der Waals surface area (Å²) in [5.74, 6) is 0.390. The normalized spacial score (nSPS) is 18.1. The van der Waals surface area contributed by atoms with Gasteiger partial charge < -0.3 is 14.2 Å². The highest BCUT2D eigenvalue weighted by Gasteiger charge is 2.43. The fourth-order valence-corrected chi connectivity index (χ4v) is 6.34. The monoisotopic (exact) mass is 574 g/mol. The van der Waals surface area contributed by atoms with E-state index in [4.69, 9.17) is 4.74 Å². The Hall–Kier alpha value is -4.09. The number of aromatic nitrogens is 4. The summed E-state index contributed by atoms with van der Waals surface area (Å²) < 4.78 is 50.6. The smallest absolute Gasteiger partial charge is 0.379 e. The van der Waals surface area contributed by atoms with Gasteiger partial charge in [0.05, 0.1) is 25.3 Å². The van der Waals surface area contributed by atoms with Crippen LogP contribution in [0.25, 0.3) is 0 Å². The molecule has 0 unspecified atom stereocenters. The van der Waals surface area contributed by atoms with Gasteiger partial charge >= 0.3 is 6.18 Å². The second kappa shape index (κ2) is 10.0. The van der Waals surface area contributed by atoms with Crippen molar-refractivity contribution in [1.82, 2.24) is 24.6 Å². The zero-order valence-electron chi connectivity index (χ0n) is 23.1. The first-order valence-corrected chi connectivity index (χ1v) is 13.9. The van der Waals surface area contributed by atoms with E-state index in [0.29, 0.717) is 50.5 Å². The molecule has 4 aromatic rings. The third-order valence-electron chi connectivity index (χ3n) is 8.74. The van der Waals surface area contributed by atoms with Gasteiger partial charge in [0.15, 0.2) is 0 Å². The van der Waals surface area contributed by atoms with E-state index in [1.807, 2.05) is 42.1 Å². The van der Waals surface area contributed by atoms with Crippen molar-refractivity contribution in [3.05, 3.63) is 106 Å². The fourth-order valence-electron chi connectivity index (χ4n) is 6.34. The Kier molecular flexibility index (Phi) is 6.39. The minimum atomic E-state index is -4.58. The lowest BCUT2D eigenvalue weighted by Gasteiger charge is -2.42. The number of amides is 1. The molecular weight excluding hydrogens is 545 g/mol. The maximum absolute atomic E-state index is 14.4. The summed E-state index contributed by atoms with van der Waals surface area (Å²) in [4.78, 5) is 21.5. The van der Waals surface area contributed by atoms with Crippen LogP contribution in [0.3, 0.4) is 0 Å². The van der Waals surface area contributed by atoms with Crippen LogP contribution in [-0.2, 0) is 55.9 Å². The predicted molar refractivity (Wildman–Crippen MR) is 148 cm³/mol. The Balaban J connectivity index is 1.18. The lowest BCUT2D eigenvalue weighted by atomic mass is 9.75. The molecule has 216 valence electrons. The molecule has 8 nitrogen and oxygen atoms in total. The Morgan fingerprint density at radius 3 is 2.67 bits per heavy atom. The second-order valence-electron chi connectivity index (χ2n) is 11.5. The summed E-state index contributed by atoms with van der Waals surface area (Å²) in [6.45, 7) is 2.49. The highest BCUT2D eigenvalue weighted by atomic mass is 19.4. The van der Waals surface area contributed by atoms with Crippen molar-refractivity contribution in [3.63, 3.8) is 0 Å². The summed E-state index contributed by atoms with van der Waals surface area (Å²) in [6.07, 6.45) is 2.03. The third kappa shape index (κ3) is 4.66. The van der Waals surface area contributed by atoms with Crippen LogP contribution >= 0.6 is 0 Å². The molecular formula is C31H29F3N6O2. The quantitative estimate of drug-likeness (QED) is 0.339. The average molecular weight is 575 g/mol. The Morgan fingerprint density at radius 1 is 1.07 bits per heavy atom. The van der Waals surface area contributed by atoms with Crippen LogP contribution in [-0.4, -0.2) is 50.3 Å². The van der Waals surface area contributed by atoms with Crippen LogP contribution in [0.2, 0.25) is 0 Å². The lowest BCUT2D eigenvalue weighted by Crippen LogP contribution is -2.49. The molecule has 1 fully saturated rings. The number of rotatable bonds is 6. The van der Waals surface area contributed by atoms with Crippen molar-refractivity contribution in [3.8, 4) is 0 Å². The number of pyridine rings is 1. The highest BCUT2D eigenvalue weighted by molar-refractivity contribution is 6.10. The fraction of sp³-hybridized carbons (Fsp3) is 0.355. The first-order valence-electron chi connectivity index (χ1n) is 13.9. The largest absolute Gasteiger partial charge is 0.416 e. The third-order valence-corrected chi connectivity index (χ3v) is 8.74. The number of nitrogens with zero attached hydrogens (tertiary/aromatic N) is 6. The van der Waals surface area contributed by atoms with Gasteiger partial charge in [0.2, 0.25) is 0 Å². The summed E-state index contributed by atoms with van der Waals surface area (Å²) in [7, 11) is 1.88. The molecule has 0 bridgehead atoms. The summed E-state index contributed by atoms with van der Waals surface area (Å²) in [6, 6.07) is 12.3. The predicted octanol–water partition coefficient (Wildman–Crippen LogP) is 4.46. The van der Waals surface area contributed by atoms with E-state index in [2.05, 4.69) is 20.1 Å². The van der Waals surface area contributed by atoms with E-state index in [1.54, 1.807) is 24.7 Å². The van der Waals surface area contributed by atoms with Crippen LogP contribution in [0.1, 0.15) is 49.6 Å². The van der Waals surface area contributed by atoms with Gasteiger partial charge in [-0.25, -0.2) is 0 Å². The molecule has 3 aliphatic heterocycles. The van der Waals surface area contributed by atoms with Gasteiger partial charge in [-0.1, -0.05) is 12.1 Å². The molecule has 7 rings (SSSR count). The molecule has 11 heteroatoms. The van der Waals surface area contributed by atoms with E-state index in [-0.39, 0.29) is 23.1 Å². The molecule has 1 amide bonds. The van der Waals surface area contributed by atoms with Crippen LogP contribution < -0.4 is 4.90 Å². The summed E-state index contributed by atoms with van der Waals surface area (Å²) in [5.41, 5.74) is 3.35. The number of halogens is 3. The zero-order chi connectivity index (χ0) is 29.1. The number of alkyl halides is 3. The topological polar surface area (TPSA) is 76.4 Å². The Bertz CT molecular complexity index is 1680. The van der Waals surface area contributed by atoms with Gasteiger partial charge in [0.25, 0.3) is 5.91 Å². The number of hydrogen-bond donors (Lipinski definition) is 0. The summed E-state index contributed by atoms with van der Waals surface area (Å²) >= 11 is 0. The second-order valence-corrected chi connectivity index (χ2v) is 11.5. The molecule has 5 heterocycles. The van der Waals surface area contributed by atoms with E-state index in [0.717, 1.165) is 23.4 Å². The van der Waals surface area contributed by atoms with Crippen LogP contribution in [0.5, 0.6) is 0 Å². The minimum Gasteiger partial charge on any atom is -0.379 e. The van der Waals surface area contributed by atoms with Crippen molar-refractivity contribution < 1.29 is 22.7 Å². The lowest BCUT2D eigenvalue weighted by molar-refractivity contribution is -0.138. The van der Waals surface area contributed by atoms with E-state index in [1.165, 1.54) is 16.5 Å². The van der Waals surface area contributed by atoms with E-state index >= 15 is 0 Å². The number of carbonyl (C=O) groups is 1. The van der Waals surface area contributed by atoms with Crippen molar-refractivity contribution in [2.75, 3.05) is 24.7 Å². The maximum atomic E-state index is 14.4. The molecule has 42 heavy (non-hydrogen) atoms. The number of anilines is 1. The number of aryl methyl sites for hydroxylation is 1. The number of hydrogen-bond acceptors (Lipinski definition) is 6. The molecule has 0 saturated carbocycles. The van der Waals surface area contributed by atoms with Crippen LogP contribution in [0.4, 0.5) is 18.9 Å². The Labute approximate surface area is 240 Å². The number of benzene rings is 2. The molecule has 2 aromatic carbocycles. The van der Waals surface area contributed by atoms with Crippen molar-refractivity contribution >= 4 is 11.6 Å². The van der Waals surface area contributed by atoms with E-state index in [9.17, 15) is 18.0 Å². The molecule has 0 spiro atoms. The molecule has 0 N–H and O–H groups in total. The number of fused-ring (bicyclic) bond motifs is 2. The SMILES string of the molecule is Cn1cnnc1CC1(c2cccc(N3Cc4c(cc(CN5CCc6cnccc6C5)cc4C(F)(F)F)C3=O)c2)COC1. The molecule has 2 aromatic heterocycles. The van der Waals surface area contributed by atoms with Gasteiger partial charge in [0.1, 0.15) is 12.2 Å². The average Bonchev–Trinajstić information content (AvgIpc) is 3.51. The molecule has 3 aliphatic rings. The maximum Gasteiger partial charge on any atom is 0.416 e. The Morgan fingerprint density at radius 2 is 1.93 bits per heavy atom. The number of ether oxygens (including phenoxy) is 1. The standard InChI is InChI=1S/C31H29F3N6O2/c1-38-19-36-37-28(38)12-30(17-42-18-30)23-3-2-4-24(11-23)40-16-26-25(29(40)41)9-20(10-27(26)31(32,33)34)14-39-8-6-21-13-35-7-5-22(21)15-39/h2-5,7,9-11,13,19H,6,8,12,14-18H2,1H3. The van der Waals surface area contributed by atoms with Gasteiger partial charge in [-0.15, -0.1) is 10.2 Å². The zero-order valence-corrected chi connectivity index (χ0v) is 23.1. The molecule has 1 saturated heterocycles. The van der Waals surface area contributed by atoms with Crippen LogP contribution in [0, 0.1) is 0 Å². The van der Waals surface area contributed by atoms with Gasteiger partial charge in [0, 0.05) is 62.2 Å². The first kappa shape index (κ1) is 26.8. The van der Waals surface area contributed by atoms with Crippen molar-refractivity contribution in [2.24, 2.45) is 7.05 Å². The molecule has 0 aliphatic carbocycles. The van der Waals surface area contributed by atoms with Crippen molar-refractivity contribution in [2.45, 2.75) is 44.1 Å². The highest BCUT2D eigenvalue weighted by Crippen LogP contribution is 2.42.